The molecule has 0 radical (unpaired) electrons. The van der Waals surface area contributed by atoms with E-state index in [1.807, 2.05) is 25.4 Å². The van der Waals surface area contributed by atoms with Crippen LogP contribution in [0.5, 0.6) is 0 Å². The van der Waals surface area contributed by atoms with Gasteiger partial charge in [0.2, 0.25) is 5.91 Å². The molecule has 1 aromatic heterocycles. The van der Waals surface area contributed by atoms with E-state index in [-0.39, 0.29) is 12.0 Å². The second-order valence-corrected chi connectivity index (χ2v) is 5.64. The van der Waals surface area contributed by atoms with Gasteiger partial charge in [0.25, 0.3) is 0 Å². The first-order valence-corrected chi connectivity index (χ1v) is 7.48. The predicted octanol–water partition coefficient (Wildman–Crippen LogP) is 1.83. The van der Waals surface area contributed by atoms with Crippen molar-refractivity contribution < 1.29 is 9.53 Å². The van der Waals surface area contributed by atoms with Crippen molar-refractivity contribution in [2.75, 3.05) is 20.7 Å². The zero-order chi connectivity index (χ0) is 15.0. The van der Waals surface area contributed by atoms with E-state index in [1.54, 1.807) is 23.3 Å². The van der Waals surface area contributed by atoms with Gasteiger partial charge in [-0.3, -0.25) is 4.79 Å². The van der Waals surface area contributed by atoms with Crippen LogP contribution in [-0.4, -0.2) is 37.6 Å². The number of rotatable bonds is 6. The lowest BCUT2D eigenvalue weighted by Crippen LogP contribution is -2.26. The Morgan fingerprint density at radius 2 is 2.35 bits per heavy atom. The number of ether oxygens (including phenoxy) is 1. The molecule has 0 spiro atoms. The Morgan fingerprint density at radius 3 is 3.00 bits per heavy atom. The smallest absolute Gasteiger partial charge is 0.222 e. The summed E-state index contributed by atoms with van der Waals surface area (Å²) in [6.45, 7) is 2.95. The van der Waals surface area contributed by atoms with E-state index in [4.69, 9.17) is 10.5 Å². The van der Waals surface area contributed by atoms with Crippen molar-refractivity contribution in [3.8, 4) is 11.8 Å². The summed E-state index contributed by atoms with van der Waals surface area (Å²) in [4.78, 5) is 14.8. The van der Waals surface area contributed by atoms with Crippen molar-refractivity contribution in [2.24, 2.45) is 5.73 Å². The molecule has 0 fully saturated rings. The molecule has 5 heteroatoms. The number of hydrogen-bond donors (Lipinski definition) is 1. The quantitative estimate of drug-likeness (QED) is 0.814. The number of nitrogens with two attached hydrogens (primary N) is 1. The van der Waals surface area contributed by atoms with Gasteiger partial charge in [0.1, 0.15) is 0 Å². The van der Waals surface area contributed by atoms with E-state index in [0.717, 1.165) is 16.9 Å². The molecule has 2 N–H and O–H groups in total. The van der Waals surface area contributed by atoms with Gasteiger partial charge < -0.3 is 15.4 Å². The number of carbonyl (C=O) groups is 1. The van der Waals surface area contributed by atoms with E-state index >= 15 is 0 Å². The molecule has 1 aromatic rings. The van der Waals surface area contributed by atoms with Crippen LogP contribution in [0.15, 0.2) is 11.4 Å². The van der Waals surface area contributed by atoms with Crippen molar-refractivity contribution >= 4 is 17.2 Å². The average Bonchev–Trinajstić information content (AvgIpc) is 2.89. The maximum absolute atomic E-state index is 12.0. The maximum atomic E-state index is 12.0. The van der Waals surface area contributed by atoms with Crippen LogP contribution in [-0.2, 0) is 16.1 Å². The molecule has 0 aliphatic rings. The SMILES string of the molecule is COC(C)CCC(=O)N(C)Cc1cc(C#CCN)cs1. The summed E-state index contributed by atoms with van der Waals surface area (Å²) in [5.41, 5.74) is 6.30. The van der Waals surface area contributed by atoms with Crippen LogP contribution in [0, 0.1) is 11.8 Å². The summed E-state index contributed by atoms with van der Waals surface area (Å²) in [5.74, 6) is 5.95. The molecule has 1 rings (SSSR count). The summed E-state index contributed by atoms with van der Waals surface area (Å²) in [7, 11) is 3.49. The summed E-state index contributed by atoms with van der Waals surface area (Å²) in [5, 5.41) is 1.99. The first-order chi connectivity index (χ1) is 9.56. The van der Waals surface area contributed by atoms with Gasteiger partial charge in [-0.2, -0.15) is 0 Å². The third-order valence-corrected chi connectivity index (χ3v) is 3.90. The van der Waals surface area contributed by atoms with Gasteiger partial charge in [-0.15, -0.1) is 11.3 Å². The molecular formula is C15H22N2O2S. The lowest BCUT2D eigenvalue weighted by Gasteiger charge is -2.17. The Bertz CT molecular complexity index is 488. The van der Waals surface area contributed by atoms with Crippen molar-refractivity contribution in [2.45, 2.75) is 32.4 Å². The molecule has 0 aliphatic heterocycles. The summed E-state index contributed by atoms with van der Waals surface area (Å²) in [6.07, 6.45) is 1.38. The molecule has 0 saturated heterocycles. The van der Waals surface area contributed by atoms with Gasteiger partial charge in [-0.05, 0) is 19.4 Å². The molecule has 20 heavy (non-hydrogen) atoms. The summed E-state index contributed by atoms with van der Waals surface area (Å²) < 4.78 is 5.15. The minimum atomic E-state index is 0.118. The van der Waals surface area contributed by atoms with Gasteiger partial charge >= 0.3 is 0 Å². The van der Waals surface area contributed by atoms with Crippen LogP contribution in [0.4, 0.5) is 0 Å². The van der Waals surface area contributed by atoms with Crippen LogP contribution in [0.3, 0.4) is 0 Å². The topological polar surface area (TPSA) is 55.6 Å². The predicted molar refractivity (Wildman–Crippen MR) is 82.4 cm³/mol. The van der Waals surface area contributed by atoms with Crippen molar-refractivity contribution in [1.82, 2.24) is 4.90 Å². The number of nitrogens with zero attached hydrogens (tertiary/aromatic N) is 1. The Hall–Kier alpha value is -1.35. The van der Waals surface area contributed by atoms with Crippen LogP contribution in [0.25, 0.3) is 0 Å². The molecule has 1 atom stereocenters. The molecule has 0 aliphatic carbocycles. The van der Waals surface area contributed by atoms with Crippen LogP contribution in [0.2, 0.25) is 0 Å². The normalized spacial score (nSPS) is 11.6. The van der Waals surface area contributed by atoms with E-state index < -0.39 is 0 Å². The van der Waals surface area contributed by atoms with Gasteiger partial charge in [0, 0.05) is 36.4 Å². The molecule has 0 saturated carbocycles. The van der Waals surface area contributed by atoms with Crippen LogP contribution >= 0.6 is 11.3 Å². The maximum Gasteiger partial charge on any atom is 0.222 e. The van der Waals surface area contributed by atoms with Gasteiger partial charge in [0.05, 0.1) is 19.2 Å². The fourth-order valence-electron chi connectivity index (χ4n) is 1.64. The van der Waals surface area contributed by atoms with E-state index in [9.17, 15) is 4.79 Å². The zero-order valence-corrected chi connectivity index (χ0v) is 13.1. The van der Waals surface area contributed by atoms with E-state index in [1.165, 1.54) is 0 Å². The molecular weight excluding hydrogens is 272 g/mol. The number of methoxy groups -OCH3 is 1. The summed E-state index contributed by atoms with van der Waals surface area (Å²) >= 11 is 1.61. The third kappa shape index (κ3) is 5.74. The van der Waals surface area contributed by atoms with E-state index in [0.29, 0.717) is 19.5 Å². The monoisotopic (exact) mass is 294 g/mol. The second-order valence-electron chi connectivity index (χ2n) is 4.64. The number of thiophene rings is 1. The summed E-state index contributed by atoms with van der Waals surface area (Å²) in [6, 6.07) is 2.01. The average molecular weight is 294 g/mol. The highest BCUT2D eigenvalue weighted by atomic mass is 32.1. The first-order valence-electron chi connectivity index (χ1n) is 6.60. The Morgan fingerprint density at radius 1 is 1.60 bits per heavy atom. The second kappa shape index (κ2) is 8.75. The minimum Gasteiger partial charge on any atom is -0.382 e. The van der Waals surface area contributed by atoms with Gasteiger partial charge in [-0.1, -0.05) is 11.8 Å². The third-order valence-electron chi connectivity index (χ3n) is 2.97. The molecule has 1 amide bonds. The molecule has 1 unspecified atom stereocenters. The standard InChI is InChI=1S/C15H22N2O2S/c1-12(19-3)6-7-15(18)17(2)10-14-9-13(11-20-14)5-4-8-16/h9,11-12H,6-8,10,16H2,1-3H3. The fraction of sp³-hybridized carbons (Fsp3) is 0.533. The molecule has 0 bridgehead atoms. The van der Waals surface area contributed by atoms with Crippen LogP contribution < -0.4 is 5.73 Å². The first kappa shape index (κ1) is 16.7. The molecule has 0 aromatic carbocycles. The Balaban J connectivity index is 2.46. The highest BCUT2D eigenvalue weighted by Crippen LogP contribution is 2.16. The van der Waals surface area contributed by atoms with Crippen molar-refractivity contribution in [3.05, 3.63) is 21.9 Å². The van der Waals surface area contributed by atoms with Gasteiger partial charge in [-0.25, -0.2) is 0 Å². The zero-order valence-electron chi connectivity index (χ0n) is 12.3. The Labute approximate surface area is 124 Å². The Kier molecular flexibility index (Phi) is 7.31. The highest BCUT2D eigenvalue weighted by Gasteiger charge is 2.12. The molecule has 110 valence electrons. The largest absolute Gasteiger partial charge is 0.382 e. The van der Waals surface area contributed by atoms with Crippen molar-refractivity contribution in [3.63, 3.8) is 0 Å². The van der Waals surface area contributed by atoms with Crippen LogP contribution in [0.1, 0.15) is 30.2 Å². The molecule has 4 nitrogen and oxygen atoms in total. The lowest BCUT2D eigenvalue weighted by molar-refractivity contribution is -0.131. The fourth-order valence-corrected chi connectivity index (χ4v) is 2.51. The highest BCUT2D eigenvalue weighted by molar-refractivity contribution is 7.10. The number of carbonyl (C=O) groups excluding carboxylic acids is 1. The number of amides is 1. The van der Waals surface area contributed by atoms with Gasteiger partial charge in [0.15, 0.2) is 0 Å². The van der Waals surface area contributed by atoms with Crippen molar-refractivity contribution in [1.29, 1.82) is 0 Å². The lowest BCUT2D eigenvalue weighted by atomic mass is 10.2. The van der Waals surface area contributed by atoms with E-state index in [2.05, 4.69) is 11.8 Å². The molecule has 1 heterocycles. The minimum absolute atomic E-state index is 0.118. The number of hydrogen-bond acceptors (Lipinski definition) is 4.